The number of carbonyl (C=O) groups excluding carboxylic acids is 1. The van der Waals surface area contributed by atoms with Crippen LogP contribution in [0.4, 0.5) is 0 Å². The van der Waals surface area contributed by atoms with Crippen molar-refractivity contribution in [1.29, 1.82) is 0 Å². The van der Waals surface area contributed by atoms with Gasteiger partial charge in [-0.1, -0.05) is 0 Å². The standard InChI is InChI=1S/C10H12N2O/c13-10-7-9(3-6-12-10)8-1-4-11-5-2-8/h1-2,4-5,9H,3,6-7H2,(H,12,13). The van der Waals surface area contributed by atoms with Gasteiger partial charge in [-0.2, -0.15) is 0 Å². The highest BCUT2D eigenvalue weighted by molar-refractivity contribution is 5.77. The summed E-state index contributed by atoms with van der Waals surface area (Å²) in [6.45, 7) is 0.797. The minimum atomic E-state index is 0.160. The van der Waals surface area contributed by atoms with Crippen molar-refractivity contribution in [3.05, 3.63) is 30.1 Å². The molecule has 0 spiro atoms. The smallest absolute Gasteiger partial charge is 0.220 e. The maximum absolute atomic E-state index is 11.1. The van der Waals surface area contributed by atoms with Crippen molar-refractivity contribution in [2.24, 2.45) is 0 Å². The van der Waals surface area contributed by atoms with Crippen LogP contribution >= 0.6 is 0 Å². The van der Waals surface area contributed by atoms with Crippen LogP contribution in [0.15, 0.2) is 24.5 Å². The van der Waals surface area contributed by atoms with Crippen molar-refractivity contribution in [3.63, 3.8) is 0 Å². The van der Waals surface area contributed by atoms with Crippen LogP contribution in [0, 0.1) is 0 Å². The van der Waals surface area contributed by atoms with Crippen LogP contribution in [0.25, 0.3) is 0 Å². The monoisotopic (exact) mass is 176 g/mol. The molecule has 1 aromatic rings. The highest BCUT2D eigenvalue weighted by Gasteiger charge is 2.19. The van der Waals surface area contributed by atoms with E-state index in [-0.39, 0.29) is 5.91 Å². The molecule has 0 saturated carbocycles. The number of rotatable bonds is 1. The van der Waals surface area contributed by atoms with Gasteiger partial charge in [-0.3, -0.25) is 9.78 Å². The Kier molecular flexibility index (Phi) is 2.25. The lowest BCUT2D eigenvalue weighted by Gasteiger charge is -2.21. The number of pyridine rings is 1. The summed E-state index contributed by atoms with van der Waals surface area (Å²) < 4.78 is 0. The third kappa shape index (κ3) is 1.86. The molecule has 2 rings (SSSR count). The normalized spacial score (nSPS) is 22.5. The molecule has 1 amide bonds. The number of nitrogens with zero attached hydrogens (tertiary/aromatic N) is 1. The fraction of sp³-hybridized carbons (Fsp3) is 0.400. The first kappa shape index (κ1) is 8.23. The van der Waals surface area contributed by atoms with Crippen LogP contribution in [0.5, 0.6) is 0 Å². The van der Waals surface area contributed by atoms with Gasteiger partial charge >= 0.3 is 0 Å². The summed E-state index contributed by atoms with van der Waals surface area (Å²) in [5.74, 6) is 0.546. The minimum absolute atomic E-state index is 0.160. The van der Waals surface area contributed by atoms with Gasteiger partial charge in [0.15, 0.2) is 0 Å². The van der Waals surface area contributed by atoms with Crippen molar-refractivity contribution in [2.45, 2.75) is 18.8 Å². The van der Waals surface area contributed by atoms with Gasteiger partial charge in [-0.25, -0.2) is 0 Å². The van der Waals surface area contributed by atoms with Crippen LogP contribution in [-0.4, -0.2) is 17.4 Å². The second-order valence-electron chi connectivity index (χ2n) is 3.32. The molecule has 1 aliphatic rings. The lowest BCUT2D eigenvalue weighted by atomic mass is 9.91. The van der Waals surface area contributed by atoms with Crippen molar-refractivity contribution in [2.75, 3.05) is 6.54 Å². The molecule has 1 fully saturated rings. The largest absolute Gasteiger partial charge is 0.356 e. The molecule has 13 heavy (non-hydrogen) atoms. The van der Waals surface area contributed by atoms with Crippen LogP contribution in [0.2, 0.25) is 0 Å². The second-order valence-corrected chi connectivity index (χ2v) is 3.32. The minimum Gasteiger partial charge on any atom is -0.356 e. The molecule has 2 heterocycles. The summed E-state index contributed by atoms with van der Waals surface area (Å²) in [4.78, 5) is 15.1. The quantitative estimate of drug-likeness (QED) is 0.695. The molecule has 1 aromatic heterocycles. The zero-order chi connectivity index (χ0) is 9.10. The first-order valence-corrected chi connectivity index (χ1v) is 4.53. The summed E-state index contributed by atoms with van der Waals surface area (Å²) in [5.41, 5.74) is 1.23. The Labute approximate surface area is 77.2 Å². The van der Waals surface area contributed by atoms with Crippen LogP contribution in [0.3, 0.4) is 0 Å². The lowest BCUT2D eigenvalue weighted by Crippen LogP contribution is -2.32. The van der Waals surface area contributed by atoms with E-state index >= 15 is 0 Å². The topological polar surface area (TPSA) is 42.0 Å². The van der Waals surface area contributed by atoms with E-state index in [0.29, 0.717) is 12.3 Å². The van der Waals surface area contributed by atoms with Gasteiger partial charge in [-0.15, -0.1) is 0 Å². The molecule has 0 aliphatic carbocycles. The number of aromatic nitrogens is 1. The molecule has 1 N–H and O–H groups in total. The van der Waals surface area contributed by atoms with Gasteiger partial charge in [-0.05, 0) is 30.0 Å². The summed E-state index contributed by atoms with van der Waals surface area (Å²) in [5, 5.41) is 2.83. The maximum Gasteiger partial charge on any atom is 0.220 e. The molecule has 1 aliphatic heterocycles. The third-order valence-electron chi connectivity index (χ3n) is 2.42. The number of piperidine rings is 1. The molecule has 68 valence electrons. The van der Waals surface area contributed by atoms with Crippen LogP contribution < -0.4 is 5.32 Å². The highest BCUT2D eigenvalue weighted by Crippen LogP contribution is 2.24. The van der Waals surface area contributed by atoms with Crippen LogP contribution in [-0.2, 0) is 4.79 Å². The number of amides is 1. The summed E-state index contributed by atoms with van der Waals surface area (Å²) in [7, 11) is 0. The van der Waals surface area contributed by atoms with E-state index in [9.17, 15) is 4.79 Å². The Morgan fingerprint density at radius 2 is 2.15 bits per heavy atom. The van der Waals surface area contributed by atoms with Crippen molar-refractivity contribution in [3.8, 4) is 0 Å². The molecule has 1 saturated heterocycles. The average molecular weight is 176 g/mol. The van der Waals surface area contributed by atoms with E-state index in [4.69, 9.17) is 0 Å². The number of carbonyl (C=O) groups is 1. The third-order valence-corrected chi connectivity index (χ3v) is 2.42. The highest BCUT2D eigenvalue weighted by atomic mass is 16.1. The molecule has 1 atom stereocenters. The second kappa shape index (κ2) is 3.56. The van der Waals surface area contributed by atoms with E-state index in [1.54, 1.807) is 12.4 Å². The zero-order valence-corrected chi connectivity index (χ0v) is 7.36. The predicted octanol–water partition coefficient (Wildman–Crippen LogP) is 1.08. The van der Waals surface area contributed by atoms with Gasteiger partial charge in [0.05, 0.1) is 0 Å². The molecule has 1 unspecified atom stereocenters. The molecular weight excluding hydrogens is 164 g/mol. The number of hydrogen-bond acceptors (Lipinski definition) is 2. The summed E-state index contributed by atoms with van der Waals surface area (Å²) >= 11 is 0. The van der Waals surface area contributed by atoms with E-state index in [0.717, 1.165) is 13.0 Å². The number of hydrogen-bond donors (Lipinski definition) is 1. The maximum atomic E-state index is 11.1. The lowest BCUT2D eigenvalue weighted by molar-refractivity contribution is -0.122. The van der Waals surface area contributed by atoms with Crippen molar-refractivity contribution in [1.82, 2.24) is 10.3 Å². The van der Waals surface area contributed by atoms with Gasteiger partial charge in [0.1, 0.15) is 0 Å². The Morgan fingerprint density at radius 3 is 2.85 bits per heavy atom. The molecule has 3 heteroatoms. The molecule has 0 aromatic carbocycles. The van der Waals surface area contributed by atoms with Crippen molar-refractivity contribution >= 4 is 5.91 Å². The fourth-order valence-corrected chi connectivity index (χ4v) is 1.70. The van der Waals surface area contributed by atoms with Crippen molar-refractivity contribution < 1.29 is 4.79 Å². The van der Waals surface area contributed by atoms with E-state index < -0.39 is 0 Å². The predicted molar refractivity (Wildman–Crippen MR) is 49.2 cm³/mol. The van der Waals surface area contributed by atoms with Gasteiger partial charge in [0.2, 0.25) is 5.91 Å². The first-order valence-electron chi connectivity index (χ1n) is 4.53. The Bertz CT molecular complexity index is 297. The van der Waals surface area contributed by atoms with E-state index in [1.165, 1.54) is 5.56 Å². The SMILES string of the molecule is O=C1CC(c2ccncc2)CCN1. The van der Waals surface area contributed by atoms with Gasteiger partial charge in [0.25, 0.3) is 0 Å². The Balaban J connectivity index is 2.13. The first-order chi connectivity index (χ1) is 6.36. The van der Waals surface area contributed by atoms with E-state index in [1.807, 2.05) is 12.1 Å². The zero-order valence-electron chi connectivity index (χ0n) is 7.36. The Morgan fingerprint density at radius 1 is 1.38 bits per heavy atom. The number of nitrogens with one attached hydrogen (secondary N) is 1. The van der Waals surface area contributed by atoms with E-state index in [2.05, 4.69) is 10.3 Å². The molecule has 3 nitrogen and oxygen atoms in total. The molecule has 0 bridgehead atoms. The van der Waals surface area contributed by atoms with Gasteiger partial charge in [0, 0.05) is 25.4 Å². The summed E-state index contributed by atoms with van der Waals surface area (Å²) in [6, 6.07) is 3.98. The average Bonchev–Trinajstić information content (AvgIpc) is 2.19. The molecular formula is C10H12N2O. The van der Waals surface area contributed by atoms with Gasteiger partial charge < -0.3 is 5.32 Å². The fourth-order valence-electron chi connectivity index (χ4n) is 1.70. The summed E-state index contributed by atoms with van der Waals surface area (Å²) in [6.07, 6.45) is 5.21. The van der Waals surface area contributed by atoms with Crippen LogP contribution in [0.1, 0.15) is 24.3 Å². The Hall–Kier alpha value is -1.38. The molecule has 0 radical (unpaired) electrons.